The van der Waals surface area contributed by atoms with Gasteiger partial charge in [-0.1, -0.05) is 24.6 Å². The molecule has 27 heavy (non-hydrogen) atoms. The molecular formula is C21H21FN4O. The highest BCUT2D eigenvalue weighted by atomic mass is 19.1. The molecule has 0 saturated heterocycles. The number of hydrogen-bond acceptors (Lipinski definition) is 3. The summed E-state index contributed by atoms with van der Waals surface area (Å²) in [4.78, 5) is 21.5. The van der Waals surface area contributed by atoms with Gasteiger partial charge < -0.3 is 9.88 Å². The molecule has 0 spiro atoms. The first-order chi connectivity index (χ1) is 13.2. The largest absolute Gasteiger partial charge is 0.347 e. The van der Waals surface area contributed by atoms with Gasteiger partial charge >= 0.3 is 0 Å². The van der Waals surface area contributed by atoms with Gasteiger partial charge in [0, 0.05) is 31.0 Å². The molecule has 0 fully saturated rings. The fourth-order valence-electron chi connectivity index (χ4n) is 3.52. The molecule has 4 rings (SSSR count). The van der Waals surface area contributed by atoms with Gasteiger partial charge in [-0.25, -0.2) is 9.37 Å². The van der Waals surface area contributed by atoms with Crippen LogP contribution in [0, 0.1) is 5.82 Å². The van der Waals surface area contributed by atoms with Crippen molar-refractivity contribution in [2.75, 3.05) is 0 Å². The summed E-state index contributed by atoms with van der Waals surface area (Å²) in [6.45, 7) is 1.19. The zero-order valence-corrected chi connectivity index (χ0v) is 15.0. The summed E-state index contributed by atoms with van der Waals surface area (Å²) in [6, 6.07) is 10.1. The van der Waals surface area contributed by atoms with Gasteiger partial charge in [-0.15, -0.1) is 0 Å². The van der Waals surface area contributed by atoms with Crippen LogP contribution < -0.4 is 5.32 Å². The van der Waals surface area contributed by atoms with Gasteiger partial charge in [-0.05, 0) is 43.0 Å². The maximum absolute atomic E-state index is 13.7. The van der Waals surface area contributed by atoms with Crippen molar-refractivity contribution in [3.8, 4) is 11.4 Å². The van der Waals surface area contributed by atoms with Gasteiger partial charge in [0.1, 0.15) is 17.3 Å². The SMILES string of the molecule is O=C(NCc1cccnc1)c1nc(-c2cccc(F)c2)n2c1CCCCC2. The van der Waals surface area contributed by atoms with Crippen molar-refractivity contribution in [2.24, 2.45) is 0 Å². The second kappa shape index (κ2) is 7.70. The Morgan fingerprint density at radius 3 is 2.93 bits per heavy atom. The number of halogens is 1. The lowest BCUT2D eigenvalue weighted by atomic mass is 10.1. The molecule has 5 nitrogen and oxygen atoms in total. The standard InChI is InChI=1S/C21H21FN4O/c22-17-8-4-7-16(12-17)20-25-19(18-9-2-1-3-11-26(18)20)21(27)24-14-15-6-5-10-23-13-15/h4-8,10,12-13H,1-3,9,11,14H2,(H,24,27). The van der Waals surface area contributed by atoms with Crippen molar-refractivity contribution in [3.05, 3.63) is 71.6 Å². The molecule has 6 heteroatoms. The lowest BCUT2D eigenvalue weighted by Crippen LogP contribution is -2.24. The summed E-state index contributed by atoms with van der Waals surface area (Å²) in [6.07, 6.45) is 7.40. The molecule has 1 N–H and O–H groups in total. The summed E-state index contributed by atoms with van der Waals surface area (Å²) in [5.41, 5.74) is 3.02. The number of nitrogens with one attached hydrogen (secondary N) is 1. The Morgan fingerprint density at radius 2 is 2.11 bits per heavy atom. The predicted molar refractivity (Wildman–Crippen MR) is 101 cm³/mol. The quantitative estimate of drug-likeness (QED) is 0.767. The fraction of sp³-hybridized carbons (Fsp3) is 0.286. The average molecular weight is 364 g/mol. The first-order valence-corrected chi connectivity index (χ1v) is 9.25. The number of fused-ring (bicyclic) bond motifs is 1. The molecule has 0 bridgehead atoms. The van der Waals surface area contributed by atoms with E-state index in [-0.39, 0.29) is 11.7 Å². The van der Waals surface area contributed by atoms with Crippen LogP contribution >= 0.6 is 0 Å². The number of pyridine rings is 1. The zero-order chi connectivity index (χ0) is 18.6. The van der Waals surface area contributed by atoms with Crippen LogP contribution in [-0.4, -0.2) is 20.4 Å². The molecule has 1 amide bonds. The Balaban J connectivity index is 1.67. The Kier molecular flexibility index (Phi) is 4.96. The van der Waals surface area contributed by atoms with E-state index >= 15 is 0 Å². The Labute approximate surface area is 157 Å². The van der Waals surface area contributed by atoms with E-state index in [4.69, 9.17) is 0 Å². The highest BCUT2D eigenvalue weighted by Gasteiger charge is 2.24. The lowest BCUT2D eigenvalue weighted by Gasteiger charge is -2.09. The smallest absolute Gasteiger partial charge is 0.272 e. The van der Waals surface area contributed by atoms with Crippen molar-refractivity contribution < 1.29 is 9.18 Å². The number of nitrogens with zero attached hydrogens (tertiary/aromatic N) is 3. The first kappa shape index (κ1) is 17.4. The van der Waals surface area contributed by atoms with E-state index in [9.17, 15) is 9.18 Å². The number of aromatic nitrogens is 3. The van der Waals surface area contributed by atoms with E-state index in [0.717, 1.165) is 43.5 Å². The molecule has 0 aliphatic carbocycles. The van der Waals surface area contributed by atoms with E-state index in [1.54, 1.807) is 18.5 Å². The van der Waals surface area contributed by atoms with Crippen LogP contribution in [0.3, 0.4) is 0 Å². The van der Waals surface area contributed by atoms with Gasteiger partial charge in [0.15, 0.2) is 0 Å². The monoisotopic (exact) mass is 364 g/mol. The highest BCUT2D eigenvalue weighted by Crippen LogP contribution is 2.27. The third-order valence-electron chi connectivity index (χ3n) is 4.84. The van der Waals surface area contributed by atoms with Crippen LogP contribution in [0.4, 0.5) is 4.39 Å². The number of carbonyl (C=O) groups is 1. The molecule has 2 aromatic heterocycles. The van der Waals surface area contributed by atoms with Crippen LogP contribution in [0.5, 0.6) is 0 Å². The summed E-state index contributed by atoms with van der Waals surface area (Å²) < 4.78 is 15.8. The minimum atomic E-state index is -0.305. The molecule has 138 valence electrons. The van der Waals surface area contributed by atoms with Crippen LogP contribution in [-0.2, 0) is 19.5 Å². The van der Waals surface area contributed by atoms with Crippen molar-refractivity contribution >= 4 is 5.91 Å². The molecule has 1 aromatic carbocycles. The summed E-state index contributed by atoms with van der Waals surface area (Å²) in [7, 11) is 0. The maximum atomic E-state index is 13.7. The molecule has 3 heterocycles. The lowest BCUT2D eigenvalue weighted by molar-refractivity contribution is 0.0945. The van der Waals surface area contributed by atoms with E-state index in [0.29, 0.717) is 23.6 Å². The average Bonchev–Trinajstić information content (AvgIpc) is 2.88. The molecule has 0 saturated carbocycles. The van der Waals surface area contributed by atoms with Crippen molar-refractivity contribution in [3.63, 3.8) is 0 Å². The number of benzene rings is 1. The van der Waals surface area contributed by atoms with Crippen LogP contribution in [0.1, 0.15) is 41.0 Å². The van der Waals surface area contributed by atoms with Gasteiger partial charge in [-0.3, -0.25) is 9.78 Å². The van der Waals surface area contributed by atoms with Crippen molar-refractivity contribution in [1.82, 2.24) is 19.9 Å². The minimum Gasteiger partial charge on any atom is -0.347 e. The number of amides is 1. The van der Waals surface area contributed by atoms with Gasteiger partial charge in [0.2, 0.25) is 0 Å². The van der Waals surface area contributed by atoms with E-state index in [1.165, 1.54) is 12.1 Å². The normalized spacial score (nSPS) is 13.7. The minimum absolute atomic E-state index is 0.202. The Morgan fingerprint density at radius 1 is 1.19 bits per heavy atom. The van der Waals surface area contributed by atoms with E-state index in [1.807, 2.05) is 18.2 Å². The topological polar surface area (TPSA) is 59.8 Å². The molecular weight excluding hydrogens is 343 g/mol. The third-order valence-corrected chi connectivity index (χ3v) is 4.84. The van der Waals surface area contributed by atoms with E-state index in [2.05, 4.69) is 19.9 Å². The molecule has 0 radical (unpaired) electrons. The maximum Gasteiger partial charge on any atom is 0.272 e. The van der Waals surface area contributed by atoms with Crippen LogP contribution in [0.2, 0.25) is 0 Å². The summed E-state index contributed by atoms with van der Waals surface area (Å²) in [5, 5.41) is 2.93. The second-order valence-electron chi connectivity index (χ2n) is 6.75. The zero-order valence-electron chi connectivity index (χ0n) is 15.0. The Hall–Kier alpha value is -3.02. The number of hydrogen-bond donors (Lipinski definition) is 1. The van der Waals surface area contributed by atoms with Crippen molar-refractivity contribution in [2.45, 2.75) is 38.8 Å². The van der Waals surface area contributed by atoms with E-state index < -0.39 is 0 Å². The molecule has 3 aromatic rings. The summed E-state index contributed by atoms with van der Waals surface area (Å²) >= 11 is 0. The first-order valence-electron chi connectivity index (χ1n) is 9.25. The second-order valence-corrected chi connectivity index (χ2v) is 6.75. The van der Waals surface area contributed by atoms with Crippen LogP contribution in [0.15, 0.2) is 48.8 Å². The molecule has 0 atom stereocenters. The molecule has 0 unspecified atom stereocenters. The fourth-order valence-corrected chi connectivity index (χ4v) is 3.52. The van der Waals surface area contributed by atoms with Crippen LogP contribution in [0.25, 0.3) is 11.4 Å². The third kappa shape index (κ3) is 3.74. The molecule has 1 aliphatic rings. The highest BCUT2D eigenvalue weighted by molar-refractivity contribution is 5.94. The van der Waals surface area contributed by atoms with Crippen molar-refractivity contribution in [1.29, 1.82) is 0 Å². The predicted octanol–water partition coefficient (Wildman–Crippen LogP) is 3.74. The number of rotatable bonds is 4. The van der Waals surface area contributed by atoms with Gasteiger partial charge in [0.25, 0.3) is 5.91 Å². The van der Waals surface area contributed by atoms with Gasteiger partial charge in [0.05, 0.1) is 5.69 Å². The number of carbonyl (C=O) groups excluding carboxylic acids is 1. The number of imidazole rings is 1. The molecule has 1 aliphatic heterocycles. The Bertz CT molecular complexity index is 952. The summed E-state index contributed by atoms with van der Waals surface area (Å²) in [5.74, 6) is 0.158. The van der Waals surface area contributed by atoms with Gasteiger partial charge in [-0.2, -0.15) is 0 Å².